The molecule has 0 unspecified atom stereocenters. The van der Waals surface area contributed by atoms with Crippen LogP contribution in [-0.4, -0.2) is 22.7 Å². The Morgan fingerprint density at radius 3 is 2.45 bits per heavy atom. The summed E-state index contributed by atoms with van der Waals surface area (Å²) < 4.78 is 12.8. The maximum absolute atomic E-state index is 12.8. The number of phenolic OH excluding ortho intramolecular Hbond substituents is 2. The molecule has 0 fully saturated rings. The van der Waals surface area contributed by atoms with Gasteiger partial charge in [0.1, 0.15) is 5.82 Å². The molecule has 2 aromatic rings. The first kappa shape index (κ1) is 15.8. The molecule has 0 aromatic heterocycles. The Morgan fingerprint density at radius 1 is 1.14 bits per heavy atom. The summed E-state index contributed by atoms with van der Waals surface area (Å²) in [7, 11) is 0. The first-order valence-corrected chi connectivity index (χ1v) is 6.98. The second kappa shape index (κ2) is 6.93. The normalized spacial score (nSPS) is 10.5. The van der Waals surface area contributed by atoms with Crippen molar-refractivity contribution in [1.29, 1.82) is 0 Å². The number of halogens is 1. The van der Waals surface area contributed by atoms with Crippen molar-refractivity contribution in [2.45, 2.75) is 19.8 Å². The highest BCUT2D eigenvalue weighted by molar-refractivity contribution is 5.78. The minimum atomic E-state index is -0.327. The molecular formula is C17H18FNO3. The molecule has 0 aliphatic heterocycles. The molecule has 0 aliphatic rings. The van der Waals surface area contributed by atoms with Crippen molar-refractivity contribution in [3.63, 3.8) is 0 Å². The number of carbonyl (C=O) groups excluding carboxylic acids is 1. The summed E-state index contributed by atoms with van der Waals surface area (Å²) >= 11 is 0. The van der Waals surface area contributed by atoms with Crippen LogP contribution in [0, 0.1) is 12.7 Å². The van der Waals surface area contributed by atoms with Crippen LogP contribution >= 0.6 is 0 Å². The van der Waals surface area contributed by atoms with Gasteiger partial charge in [0, 0.05) is 6.54 Å². The van der Waals surface area contributed by atoms with Crippen molar-refractivity contribution in [1.82, 2.24) is 5.32 Å². The van der Waals surface area contributed by atoms with E-state index in [1.165, 1.54) is 24.3 Å². The Kier molecular flexibility index (Phi) is 4.99. The predicted molar refractivity (Wildman–Crippen MR) is 81.3 cm³/mol. The number of hydrogen-bond donors (Lipinski definition) is 3. The summed E-state index contributed by atoms with van der Waals surface area (Å²) in [4.78, 5) is 11.8. The minimum absolute atomic E-state index is 0.146. The Morgan fingerprint density at radius 2 is 1.77 bits per heavy atom. The summed E-state index contributed by atoms with van der Waals surface area (Å²) in [6.07, 6.45) is 0.745. The van der Waals surface area contributed by atoms with Crippen LogP contribution in [0.4, 0.5) is 4.39 Å². The summed E-state index contributed by atoms with van der Waals surface area (Å²) in [5, 5.41) is 21.6. The maximum atomic E-state index is 12.8. The van der Waals surface area contributed by atoms with Gasteiger partial charge in [-0.2, -0.15) is 0 Å². The molecule has 2 rings (SSSR count). The molecule has 3 N–H and O–H groups in total. The molecule has 0 aliphatic carbocycles. The lowest BCUT2D eigenvalue weighted by atomic mass is 10.0. The Labute approximate surface area is 128 Å². The van der Waals surface area contributed by atoms with Gasteiger partial charge in [-0.3, -0.25) is 4.79 Å². The van der Waals surface area contributed by atoms with Gasteiger partial charge in [-0.15, -0.1) is 0 Å². The molecule has 2 aromatic carbocycles. The fraction of sp³-hybridized carbons (Fsp3) is 0.235. The van der Waals surface area contributed by atoms with Crippen LogP contribution in [0.1, 0.15) is 16.7 Å². The molecular weight excluding hydrogens is 285 g/mol. The number of aryl methyl sites for hydroxylation is 1. The summed E-state index contributed by atoms with van der Waals surface area (Å²) in [5.74, 6) is -0.793. The number of amides is 1. The number of rotatable bonds is 5. The van der Waals surface area contributed by atoms with E-state index in [2.05, 4.69) is 5.32 Å². The lowest BCUT2D eigenvalue weighted by Gasteiger charge is -2.09. The monoisotopic (exact) mass is 303 g/mol. The maximum Gasteiger partial charge on any atom is 0.224 e. The fourth-order valence-corrected chi connectivity index (χ4v) is 2.18. The van der Waals surface area contributed by atoms with E-state index in [1.807, 2.05) is 6.92 Å². The first-order chi connectivity index (χ1) is 10.5. The fourth-order valence-electron chi connectivity index (χ4n) is 2.18. The number of nitrogens with one attached hydrogen (secondary N) is 1. The van der Waals surface area contributed by atoms with Crippen molar-refractivity contribution < 1.29 is 19.4 Å². The topological polar surface area (TPSA) is 69.6 Å². The van der Waals surface area contributed by atoms with Crippen molar-refractivity contribution in [2.24, 2.45) is 0 Å². The van der Waals surface area contributed by atoms with Gasteiger partial charge >= 0.3 is 0 Å². The zero-order valence-electron chi connectivity index (χ0n) is 12.3. The summed E-state index contributed by atoms with van der Waals surface area (Å²) in [5.41, 5.74) is 2.46. The minimum Gasteiger partial charge on any atom is -0.504 e. The van der Waals surface area contributed by atoms with Crippen LogP contribution < -0.4 is 5.32 Å². The molecule has 5 heteroatoms. The van der Waals surface area contributed by atoms with Gasteiger partial charge in [0.05, 0.1) is 6.42 Å². The summed E-state index contributed by atoms with van der Waals surface area (Å²) in [6, 6.07) is 8.80. The van der Waals surface area contributed by atoms with Crippen LogP contribution in [0.5, 0.6) is 11.5 Å². The standard InChI is InChI=1S/C17H18FNO3/c1-11-8-15(20)16(21)10-13(11)6-7-19-17(22)9-12-2-4-14(18)5-3-12/h2-5,8,10,20-21H,6-7,9H2,1H3,(H,19,22). The first-order valence-electron chi connectivity index (χ1n) is 6.98. The van der Waals surface area contributed by atoms with Gasteiger partial charge in [0.25, 0.3) is 0 Å². The van der Waals surface area contributed by atoms with Crippen molar-refractivity contribution >= 4 is 5.91 Å². The highest BCUT2D eigenvalue weighted by Gasteiger charge is 2.07. The van der Waals surface area contributed by atoms with E-state index in [1.54, 1.807) is 12.1 Å². The number of phenols is 2. The van der Waals surface area contributed by atoms with Gasteiger partial charge in [-0.05, 0) is 54.3 Å². The predicted octanol–water partition coefficient (Wildman–Crippen LogP) is 2.45. The molecule has 0 saturated carbocycles. The zero-order chi connectivity index (χ0) is 16.1. The van der Waals surface area contributed by atoms with Crippen LogP contribution in [0.25, 0.3) is 0 Å². The molecule has 116 valence electrons. The number of benzene rings is 2. The van der Waals surface area contributed by atoms with Crippen LogP contribution in [-0.2, 0) is 17.6 Å². The molecule has 4 nitrogen and oxygen atoms in total. The van der Waals surface area contributed by atoms with E-state index in [4.69, 9.17) is 0 Å². The largest absolute Gasteiger partial charge is 0.504 e. The second-order valence-electron chi connectivity index (χ2n) is 5.17. The van der Waals surface area contributed by atoms with E-state index in [-0.39, 0.29) is 29.6 Å². The number of aromatic hydroxyl groups is 2. The molecule has 0 atom stereocenters. The number of hydrogen-bond acceptors (Lipinski definition) is 3. The highest BCUT2D eigenvalue weighted by atomic mass is 19.1. The lowest BCUT2D eigenvalue weighted by molar-refractivity contribution is -0.120. The average molecular weight is 303 g/mol. The Balaban J connectivity index is 1.84. The quantitative estimate of drug-likeness (QED) is 0.743. The third kappa shape index (κ3) is 4.22. The zero-order valence-corrected chi connectivity index (χ0v) is 12.3. The SMILES string of the molecule is Cc1cc(O)c(O)cc1CCNC(=O)Cc1ccc(F)cc1. The molecule has 22 heavy (non-hydrogen) atoms. The van der Waals surface area contributed by atoms with Crippen LogP contribution in [0.3, 0.4) is 0 Å². The number of carbonyl (C=O) groups is 1. The van der Waals surface area contributed by atoms with E-state index in [0.29, 0.717) is 13.0 Å². The summed E-state index contributed by atoms with van der Waals surface area (Å²) in [6.45, 7) is 2.25. The van der Waals surface area contributed by atoms with E-state index < -0.39 is 0 Å². The van der Waals surface area contributed by atoms with E-state index in [0.717, 1.165) is 16.7 Å². The third-order valence-corrected chi connectivity index (χ3v) is 3.43. The van der Waals surface area contributed by atoms with E-state index >= 15 is 0 Å². The van der Waals surface area contributed by atoms with Gasteiger partial charge in [0.15, 0.2) is 11.5 Å². The van der Waals surface area contributed by atoms with Crippen LogP contribution in [0.2, 0.25) is 0 Å². The van der Waals surface area contributed by atoms with Crippen molar-refractivity contribution in [2.75, 3.05) is 6.54 Å². The molecule has 0 bridgehead atoms. The molecule has 0 saturated heterocycles. The van der Waals surface area contributed by atoms with Gasteiger partial charge < -0.3 is 15.5 Å². The van der Waals surface area contributed by atoms with Gasteiger partial charge in [-0.25, -0.2) is 4.39 Å². The molecule has 0 radical (unpaired) electrons. The van der Waals surface area contributed by atoms with Crippen LogP contribution in [0.15, 0.2) is 36.4 Å². The van der Waals surface area contributed by atoms with E-state index in [9.17, 15) is 19.4 Å². The smallest absolute Gasteiger partial charge is 0.224 e. The van der Waals surface area contributed by atoms with Gasteiger partial charge in [-0.1, -0.05) is 12.1 Å². The van der Waals surface area contributed by atoms with Crippen molar-refractivity contribution in [3.8, 4) is 11.5 Å². The molecule has 1 amide bonds. The Hall–Kier alpha value is -2.56. The second-order valence-corrected chi connectivity index (χ2v) is 5.17. The third-order valence-electron chi connectivity index (χ3n) is 3.43. The van der Waals surface area contributed by atoms with Gasteiger partial charge in [0.2, 0.25) is 5.91 Å². The molecule has 0 spiro atoms. The average Bonchev–Trinajstić information content (AvgIpc) is 2.47. The lowest BCUT2D eigenvalue weighted by Crippen LogP contribution is -2.27. The molecule has 0 heterocycles. The van der Waals surface area contributed by atoms with Crippen molar-refractivity contribution in [3.05, 3.63) is 58.9 Å². The highest BCUT2D eigenvalue weighted by Crippen LogP contribution is 2.27. The Bertz CT molecular complexity index is 668.